The van der Waals surface area contributed by atoms with Gasteiger partial charge in [-0.15, -0.1) is 11.3 Å². The minimum absolute atomic E-state index is 0.0690. The first-order valence-corrected chi connectivity index (χ1v) is 8.85. The fraction of sp³-hybridized carbons (Fsp3) is 0.500. The number of hydrogen-bond acceptors (Lipinski definition) is 6. The lowest BCUT2D eigenvalue weighted by Crippen LogP contribution is -2.46. The molecule has 0 spiro atoms. The lowest BCUT2D eigenvalue weighted by atomic mass is 10.2. The highest BCUT2D eigenvalue weighted by molar-refractivity contribution is 7.17. The Kier molecular flexibility index (Phi) is 6.79. The Balaban J connectivity index is 0.000000758. The summed E-state index contributed by atoms with van der Waals surface area (Å²) in [5.74, 6) is -1.21. The molecule has 0 radical (unpaired) electrons. The van der Waals surface area contributed by atoms with Crippen LogP contribution in [-0.2, 0) is 6.18 Å². The zero-order chi connectivity index (χ0) is 19.3. The second-order valence-electron chi connectivity index (χ2n) is 5.51. The van der Waals surface area contributed by atoms with E-state index in [1.807, 2.05) is 0 Å². The van der Waals surface area contributed by atoms with Gasteiger partial charge in [0.05, 0.1) is 9.75 Å². The standard InChI is InChI=1S/C14H14F3N3O2S.C2H6O/c1-8-11(19-22-12(8)14(15,16)17)9-2-3-10(23-9)13(21)20-6-4-18-5-7-20;1-2-3/h2-3,18H,4-7H2,1H3;3H,2H2,1H3. The molecule has 1 amide bonds. The molecule has 3 rings (SSSR count). The Morgan fingerprint density at radius 2 is 2.00 bits per heavy atom. The van der Waals surface area contributed by atoms with E-state index in [0.717, 1.165) is 24.4 Å². The van der Waals surface area contributed by atoms with Crippen molar-refractivity contribution in [2.24, 2.45) is 0 Å². The van der Waals surface area contributed by atoms with Crippen molar-refractivity contribution in [1.29, 1.82) is 0 Å². The number of halogens is 3. The highest BCUT2D eigenvalue weighted by Gasteiger charge is 2.39. The third kappa shape index (κ3) is 4.63. The Morgan fingerprint density at radius 1 is 1.38 bits per heavy atom. The number of aliphatic hydroxyl groups is 1. The molecule has 2 aromatic heterocycles. The Morgan fingerprint density at radius 3 is 2.54 bits per heavy atom. The van der Waals surface area contributed by atoms with Crippen LogP contribution in [0.5, 0.6) is 0 Å². The maximum absolute atomic E-state index is 12.8. The minimum Gasteiger partial charge on any atom is -0.397 e. The third-order valence-electron chi connectivity index (χ3n) is 3.64. The van der Waals surface area contributed by atoms with Crippen LogP contribution in [0.4, 0.5) is 13.2 Å². The van der Waals surface area contributed by atoms with Crippen LogP contribution in [0.15, 0.2) is 16.7 Å². The van der Waals surface area contributed by atoms with Crippen molar-refractivity contribution < 1.29 is 27.6 Å². The van der Waals surface area contributed by atoms with E-state index >= 15 is 0 Å². The maximum Gasteiger partial charge on any atom is 0.452 e. The van der Waals surface area contributed by atoms with E-state index in [9.17, 15) is 18.0 Å². The van der Waals surface area contributed by atoms with Gasteiger partial charge in [0.15, 0.2) is 0 Å². The van der Waals surface area contributed by atoms with Crippen LogP contribution in [0, 0.1) is 6.92 Å². The summed E-state index contributed by atoms with van der Waals surface area (Å²) in [5.41, 5.74) is 0.0576. The Labute approximate surface area is 152 Å². The number of carbonyl (C=O) groups is 1. The van der Waals surface area contributed by atoms with Crippen LogP contribution in [0.3, 0.4) is 0 Å². The zero-order valence-corrected chi connectivity index (χ0v) is 15.2. The van der Waals surface area contributed by atoms with Gasteiger partial charge in [0.2, 0.25) is 5.76 Å². The fourth-order valence-corrected chi connectivity index (χ4v) is 3.45. The van der Waals surface area contributed by atoms with Gasteiger partial charge < -0.3 is 19.8 Å². The summed E-state index contributed by atoms with van der Waals surface area (Å²) < 4.78 is 42.7. The molecular formula is C16H20F3N3O3S. The molecule has 0 atom stereocenters. The van der Waals surface area contributed by atoms with Crippen LogP contribution in [0.25, 0.3) is 10.6 Å². The first-order valence-electron chi connectivity index (χ1n) is 8.04. The van der Waals surface area contributed by atoms with E-state index in [1.54, 1.807) is 24.0 Å². The SMILES string of the molecule is CCO.Cc1c(-c2ccc(C(=O)N3CCNCC3)s2)noc1C(F)(F)F. The molecule has 0 aromatic carbocycles. The number of amides is 1. The van der Waals surface area contributed by atoms with Gasteiger partial charge in [0.1, 0.15) is 5.69 Å². The molecule has 0 aliphatic carbocycles. The van der Waals surface area contributed by atoms with Crippen LogP contribution in [-0.4, -0.2) is 53.9 Å². The molecule has 144 valence electrons. The van der Waals surface area contributed by atoms with Gasteiger partial charge in [-0.05, 0) is 26.0 Å². The number of aliphatic hydroxyl groups excluding tert-OH is 1. The van der Waals surface area contributed by atoms with E-state index in [4.69, 9.17) is 5.11 Å². The van der Waals surface area contributed by atoms with Gasteiger partial charge in [-0.3, -0.25) is 4.79 Å². The van der Waals surface area contributed by atoms with Crippen molar-refractivity contribution in [1.82, 2.24) is 15.4 Å². The molecule has 1 aliphatic heterocycles. The predicted molar refractivity (Wildman–Crippen MR) is 91.1 cm³/mol. The van der Waals surface area contributed by atoms with E-state index in [0.29, 0.717) is 22.8 Å². The molecule has 0 bridgehead atoms. The van der Waals surface area contributed by atoms with Gasteiger partial charge in [-0.2, -0.15) is 13.2 Å². The minimum atomic E-state index is -4.58. The molecule has 3 heterocycles. The maximum atomic E-state index is 12.8. The van der Waals surface area contributed by atoms with E-state index in [-0.39, 0.29) is 23.8 Å². The van der Waals surface area contributed by atoms with Crippen molar-refractivity contribution in [2.45, 2.75) is 20.0 Å². The first kappa shape index (κ1) is 20.4. The van der Waals surface area contributed by atoms with Crippen molar-refractivity contribution in [3.05, 3.63) is 28.3 Å². The Hall–Kier alpha value is -1.91. The lowest BCUT2D eigenvalue weighted by Gasteiger charge is -2.26. The monoisotopic (exact) mass is 391 g/mol. The first-order chi connectivity index (χ1) is 12.3. The van der Waals surface area contributed by atoms with Crippen LogP contribution >= 0.6 is 11.3 Å². The van der Waals surface area contributed by atoms with Crippen molar-refractivity contribution in [3.8, 4) is 10.6 Å². The second kappa shape index (κ2) is 8.65. The van der Waals surface area contributed by atoms with Gasteiger partial charge in [0, 0.05) is 38.3 Å². The normalized spacial score (nSPS) is 14.8. The number of hydrogen-bond donors (Lipinski definition) is 2. The smallest absolute Gasteiger partial charge is 0.397 e. The van der Waals surface area contributed by atoms with E-state index in [1.165, 1.54) is 6.92 Å². The van der Waals surface area contributed by atoms with Gasteiger partial charge >= 0.3 is 6.18 Å². The molecule has 1 aliphatic rings. The zero-order valence-electron chi connectivity index (χ0n) is 14.4. The highest BCUT2D eigenvalue weighted by Crippen LogP contribution is 2.38. The van der Waals surface area contributed by atoms with Crippen LogP contribution < -0.4 is 5.32 Å². The number of carbonyl (C=O) groups excluding carboxylic acids is 1. The van der Waals surface area contributed by atoms with Crippen LogP contribution in [0.1, 0.15) is 27.9 Å². The van der Waals surface area contributed by atoms with Crippen molar-refractivity contribution in [2.75, 3.05) is 32.8 Å². The molecule has 0 unspecified atom stereocenters. The van der Waals surface area contributed by atoms with Crippen molar-refractivity contribution >= 4 is 17.2 Å². The summed E-state index contributed by atoms with van der Waals surface area (Å²) in [7, 11) is 0. The number of aromatic nitrogens is 1. The Bertz CT molecular complexity index is 737. The van der Waals surface area contributed by atoms with E-state index in [2.05, 4.69) is 15.0 Å². The molecule has 1 fully saturated rings. The summed E-state index contributed by atoms with van der Waals surface area (Å²) in [6.45, 7) is 5.95. The second-order valence-corrected chi connectivity index (χ2v) is 6.59. The van der Waals surface area contributed by atoms with E-state index < -0.39 is 11.9 Å². The molecule has 10 heteroatoms. The molecule has 0 saturated carbocycles. The quantitative estimate of drug-likeness (QED) is 0.823. The highest BCUT2D eigenvalue weighted by atomic mass is 32.1. The summed E-state index contributed by atoms with van der Waals surface area (Å²) in [4.78, 5) is 15.1. The summed E-state index contributed by atoms with van der Waals surface area (Å²) >= 11 is 1.12. The average Bonchev–Trinajstić information content (AvgIpc) is 3.21. The molecule has 1 saturated heterocycles. The number of nitrogens with zero attached hydrogens (tertiary/aromatic N) is 2. The van der Waals surface area contributed by atoms with Gasteiger partial charge in [-0.25, -0.2) is 0 Å². The lowest BCUT2D eigenvalue weighted by molar-refractivity contribution is -0.156. The van der Waals surface area contributed by atoms with Crippen LogP contribution in [0.2, 0.25) is 0 Å². The number of thiophene rings is 1. The predicted octanol–water partition coefficient (Wildman–Crippen LogP) is 2.77. The molecule has 2 N–H and O–H groups in total. The summed E-state index contributed by atoms with van der Waals surface area (Å²) in [6.07, 6.45) is -4.58. The topological polar surface area (TPSA) is 78.6 Å². The number of rotatable bonds is 2. The summed E-state index contributed by atoms with van der Waals surface area (Å²) in [6, 6.07) is 3.22. The third-order valence-corrected chi connectivity index (χ3v) is 4.72. The largest absolute Gasteiger partial charge is 0.452 e. The summed E-state index contributed by atoms with van der Waals surface area (Å²) in [5, 5.41) is 14.2. The molecule has 2 aromatic rings. The number of alkyl halides is 3. The number of piperazine rings is 1. The van der Waals surface area contributed by atoms with Crippen molar-refractivity contribution in [3.63, 3.8) is 0 Å². The molecule has 6 nitrogen and oxygen atoms in total. The average molecular weight is 391 g/mol. The molecular weight excluding hydrogens is 371 g/mol. The van der Waals surface area contributed by atoms with Gasteiger partial charge in [0.25, 0.3) is 5.91 Å². The van der Waals surface area contributed by atoms with Gasteiger partial charge in [-0.1, -0.05) is 5.16 Å². The fourth-order valence-electron chi connectivity index (χ4n) is 2.43. The number of nitrogens with one attached hydrogen (secondary N) is 1. The molecule has 26 heavy (non-hydrogen) atoms.